The van der Waals surface area contributed by atoms with Gasteiger partial charge in [-0.05, 0) is 24.1 Å². The smallest absolute Gasteiger partial charge is 0.147 e. The van der Waals surface area contributed by atoms with Crippen LogP contribution in [0, 0.1) is 0 Å². The van der Waals surface area contributed by atoms with Gasteiger partial charge in [0.25, 0.3) is 0 Å². The number of rotatable bonds is 5. The Morgan fingerprint density at radius 2 is 2.12 bits per heavy atom. The minimum absolute atomic E-state index is 0.0456. The summed E-state index contributed by atoms with van der Waals surface area (Å²) < 4.78 is 22.2. The molecule has 17 heavy (non-hydrogen) atoms. The van der Waals surface area contributed by atoms with E-state index in [9.17, 15) is 8.42 Å². The van der Waals surface area contributed by atoms with Crippen molar-refractivity contribution in [1.82, 2.24) is 5.43 Å². The van der Waals surface area contributed by atoms with E-state index < -0.39 is 9.84 Å². The topological polar surface area (TPSA) is 98.2 Å². The van der Waals surface area contributed by atoms with Crippen LogP contribution in [-0.2, 0) is 9.84 Å². The SMILES string of the molecule is CS(=O)(=O)CCC(NN)c1ccc(Cl)cc1N. The molecule has 5 N–H and O–H groups in total. The molecule has 1 aromatic carbocycles. The molecule has 0 radical (unpaired) electrons. The summed E-state index contributed by atoms with van der Waals surface area (Å²) in [6.45, 7) is 0. The molecule has 1 atom stereocenters. The Balaban J connectivity index is 2.86. The molecule has 0 saturated heterocycles. The van der Waals surface area contributed by atoms with Crippen LogP contribution < -0.4 is 17.0 Å². The molecule has 0 aliphatic rings. The number of hydrogen-bond acceptors (Lipinski definition) is 5. The molecule has 0 fully saturated rings. The zero-order valence-corrected chi connectivity index (χ0v) is 11.1. The van der Waals surface area contributed by atoms with Crippen molar-refractivity contribution in [3.05, 3.63) is 28.8 Å². The predicted molar refractivity (Wildman–Crippen MR) is 70.3 cm³/mol. The van der Waals surface area contributed by atoms with E-state index in [0.717, 1.165) is 5.56 Å². The molecule has 96 valence electrons. The fourth-order valence-corrected chi connectivity index (χ4v) is 2.37. The van der Waals surface area contributed by atoms with Gasteiger partial charge in [-0.1, -0.05) is 17.7 Å². The maximum Gasteiger partial charge on any atom is 0.147 e. The molecule has 0 saturated carbocycles. The first-order valence-corrected chi connectivity index (χ1v) is 7.46. The van der Waals surface area contributed by atoms with Crippen LogP contribution in [0.3, 0.4) is 0 Å². The standard InChI is InChI=1S/C10H16ClN3O2S/c1-17(15,16)5-4-10(14-13)8-3-2-7(11)6-9(8)12/h2-3,6,10,14H,4-5,12-13H2,1H3. The van der Waals surface area contributed by atoms with E-state index in [1.54, 1.807) is 18.2 Å². The molecule has 1 aromatic rings. The van der Waals surface area contributed by atoms with Crippen LogP contribution in [0.1, 0.15) is 18.0 Å². The monoisotopic (exact) mass is 277 g/mol. The van der Waals surface area contributed by atoms with Gasteiger partial charge in [0, 0.05) is 23.0 Å². The number of hydrogen-bond donors (Lipinski definition) is 3. The van der Waals surface area contributed by atoms with Crippen LogP contribution in [0.25, 0.3) is 0 Å². The summed E-state index contributed by atoms with van der Waals surface area (Å²) in [7, 11) is -3.02. The largest absolute Gasteiger partial charge is 0.398 e. The van der Waals surface area contributed by atoms with E-state index >= 15 is 0 Å². The van der Waals surface area contributed by atoms with Crippen LogP contribution in [0.15, 0.2) is 18.2 Å². The summed E-state index contributed by atoms with van der Waals surface area (Å²) in [5.74, 6) is 5.45. The van der Waals surface area contributed by atoms with Gasteiger partial charge in [0.15, 0.2) is 0 Å². The molecule has 0 aliphatic heterocycles. The highest BCUT2D eigenvalue weighted by Crippen LogP contribution is 2.25. The second kappa shape index (κ2) is 5.68. The number of sulfone groups is 1. The van der Waals surface area contributed by atoms with Crippen molar-refractivity contribution in [2.24, 2.45) is 5.84 Å². The third kappa shape index (κ3) is 4.51. The normalized spacial score (nSPS) is 13.6. The average Bonchev–Trinajstić information content (AvgIpc) is 2.19. The van der Waals surface area contributed by atoms with Gasteiger partial charge in [-0.15, -0.1) is 0 Å². The van der Waals surface area contributed by atoms with E-state index in [1.165, 1.54) is 6.26 Å². The van der Waals surface area contributed by atoms with Gasteiger partial charge in [0.1, 0.15) is 9.84 Å². The first kappa shape index (κ1) is 14.2. The zero-order chi connectivity index (χ0) is 13.1. The maximum atomic E-state index is 11.1. The fraction of sp³-hybridized carbons (Fsp3) is 0.400. The second-order valence-electron chi connectivity index (χ2n) is 3.91. The van der Waals surface area contributed by atoms with Crippen molar-refractivity contribution >= 4 is 27.1 Å². The number of benzene rings is 1. The number of halogens is 1. The average molecular weight is 278 g/mol. The Bertz CT molecular complexity index is 490. The maximum absolute atomic E-state index is 11.1. The molecule has 1 rings (SSSR count). The Labute approximate surface area is 106 Å². The number of nitrogens with two attached hydrogens (primary N) is 2. The molecule has 0 spiro atoms. The van der Waals surface area contributed by atoms with E-state index in [2.05, 4.69) is 5.43 Å². The van der Waals surface area contributed by atoms with E-state index in [0.29, 0.717) is 17.1 Å². The molecule has 0 heterocycles. The molecule has 0 amide bonds. The molecule has 5 nitrogen and oxygen atoms in total. The molecule has 0 aromatic heterocycles. The van der Waals surface area contributed by atoms with Gasteiger partial charge in [0.05, 0.1) is 5.75 Å². The van der Waals surface area contributed by atoms with Gasteiger partial charge in [-0.3, -0.25) is 11.3 Å². The van der Waals surface area contributed by atoms with Crippen LogP contribution in [0.2, 0.25) is 5.02 Å². The Kier molecular flexibility index (Phi) is 4.76. The van der Waals surface area contributed by atoms with Crippen molar-refractivity contribution < 1.29 is 8.42 Å². The molecule has 0 aliphatic carbocycles. The third-order valence-corrected chi connectivity index (χ3v) is 3.62. The van der Waals surface area contributed by atoms with Gasteiger partial charge in [-0.2, -0.15) is 0 Å². The Morgan fingerprint density at radius 1 is 1.47 bits per heavy atom. The van der Waals surface area contributed by atoms with Crippen LogP contribution in [0.4, 0.5) is 5.69 Å². The Hall–Kier alpha value is -0.820. The Morgan fingerprint density at radius 3 is 2.59 bits per heavy atom. The lowest BCUT2D eigenvalue weighted by molar-refractivity contribution is 0.532. The zero-order valence-electron chi connectivity index (χ0n) is 9.48. The molecule has 7 heteroatoms. The van der Waals surface area contributed by atoms with Crippen LogP contribution in [0.5, 0.6) is 0 Å². The van der Waals surface area contributed by atoms with Crippen LogP contribution >= 0.6 is 11.6 Å². The highest BCUT2D eigenvalue weighted by atomic mass is 35.5. The van der Waals surface area contributed by atoms with E-state index in [4.69, 9.17) is 23.2 Å². The molecule has 0 bridgehead atoms. The van der Waals surface area contributed by atoms with Gasteiger partial charge < -0.3 is 5.73 Å². The number of nitrogens with one attached hydrogen (secondary N) is 1. The predicted octanol–water partition coefficient (Wildman–Crippen LogP) is 0.861. The quantitative estimate of drug-likeness (QED) is 0.421. The lowest BCUT2D eigenvalue weighted by Gasteiger charge is -2.17. The van der Waals surface area contributed by atoms with E-state index in [1.807, 2.05) is 0 Å². The summed E-state index contributed by atoms with van der Waals surface area (Å²) in [5, 5.41) is 0.533. The van der Waals surface area contributed by atoms with Crippen molar-refractivity contribution in [3.63, 3.8) is 0 Å². The molecule has 1 unspecified atom stereocenters. The van der Waals surface area contributed by atoms with E-state index in [-0.39, 0.29) is 11.8 Å². The minimum Gasteiger partial charge on any atom is -0.398 e. The first-order chi connectivity index (χ1) is 7.83. The number of anilines is 1. The van der Waals surface area contributed by atoms with Crippen molar-refractivity contribution in [3.8, 4) is 0 Å². The van der Waals surface area contributed by atoms with Gasteiger partial charge in [0.2, 0.25) is 0 Å². The van der Waals surface area contributed by atoms with Crippen molar-refractivity contribution in [1.29, 1.82) is 0 Å². The minimum atomic E-state index is -3.02. The highest BCUT2D eigenvalue weighted by Gasteiger charge is 2.15. The number of nitrogen functional groups attached to an aromatic ring is 1. The summed E-state index contributed by atoms with van der Waals surface area (Å²) in [6, 6.07) is 4.74. The lowest BCUT2D eigenvalue weighted by atomic mass is 10.0. The van der Waals surface area contributed by atoms with Gasteiger partial charge >= 0.3 is 0 Å². The lowest BCUT2D eigenvalue weighted by Crippen LogP contribution is -2.30. The molecular formula is C10H16ClN3O2S. The first-order valence-electron chi connectivity index (χ1n) is 5.02. The third-order valence-electron chi connectivity index (χ3n) is 2.40. The summed E-state index contributed by atoms with van der Waals surface area (Å²) in [4.78, 5) is 0. The number of hydrazine groups is 1. The van der Waals surface area contributed by atoms with Gasteiger partial charge in [-0.25, -0.2) is 8.42 Å². The second-order valence-corrected chi connectivity index (χ2v) is 6.61. The molecular weight excluding hydrogens is 262 g/mol. The van der Waals surface area contributed by atoms with Crippen molar-refractivity contribution in [2.45, 2.75) is 12.5 Å². The summed E-state index contributed by atoms with van der Waals surface area (Å²) in [5.41, 5.74) is 9.62. The fourth-order valence-electron chi connectivity index (χ4n) is 1.52. The summed E-state index contributed by atoms with van der Waals surface area (Å²) in [6.07, 6.45) is 1.55. The van der Waals surface area contributed by atoms with Crippen molar-refractivity contribution in [2.75, 3.05) is 17.7 Å². The summed E-state index contributed by atoms with van der Waals surface area (Å²) >= 11 is 5.79. The highest BCUT2D eigenvalue weighted by molar-refractivity contribution is 7.90. The van der Waals surface area contributed by atoms with Crippen LogP contribution in [-0.4, -0.2) is 20.4 Å².